The fraction of sp³-hybridized carbons (Fsp3) is 0.190. The molecule has 2 nitrogen and oxygen atoms in total. The highest BCUT2D eigenvalue weighted by Gasteiger charge is 2.06. The second kappa shape index (κ2) is 6.25. The summed E-state index contributed by atoms with van der Waals surface area (Å²) < 4.78 is 2.16. The van der Waals surface area contributed by atoms with E-state index in [1.165, 1.54) is 33.3 Å². The Balaban J connectivity index is 1.99. The van der Waals surface area contributed by atoms with Crippen LogP contribution in [0, 0.1) is 6.92 Å². The van der Waals surface area contributed by atoms with Crippen LogP contribution in [0.1, 0.15) is 16.7 Å². The van der Waals surface area contributed by atoms with Crippen molar-refractivity contribution in [3.63, 3.8) is 0 Å². The zero-order valence-corrected chi connectivity index (χ0v) is 14.2. The Morgan fingerprint density at radius 3 is 2.39 bits per heavy atom. The molecule has 0 atom stereocenters. The molecule has 0 N–H and O–H groups in total. The van der Waals surface area contributed by atoms with Crippen molar-refractivity contribution in [2.45, 2.75) is 6.92 Å². The minimum atomic E-state index is 1.23. The molecular formula is C21H23N2+. The van der Waals surface area contributed by atoms with Crippen LogP contribution >= 0.6 is 0 Å². The lowest BCUT2D eigenvalue weighted by Crippen LogP contribution is -2.28. The summed E-state index contributed by atoms with van der Waals surface area (Å²) >= 11 is 0. The fourth-order valence-corrected chi connectivity index (χ4v) is 2.84. The van der Waals surface area contributed by atoms with E-state index in [0.29, 0.717) is 0 Å². The molecule has 2 heteroatoms. The molecule has 0 aliphatic carbocycles. The van der Waals surface area contributed by atoms with E-state index in [2.05, 4.69) is 104 Å². The van der Waals surface area contributed by atoms with Crippen LogP contribution in [0.25, 0.3) is 23.1 Å². The van der Waals surface area contributed by atoms with Gasteiger partial charge in [-0.15, -0.1) is 0 Å². The number of aromatic nitrogens is 1. The highest BCUT2D eigenvalue weighted by molar-refractivity contribution is 5.89. The van der Waals surface area contributed by atoms with Crippen LogP contribution in [0.3, 0.4) is 0 Å². The monoisotopic (exact) mass is 303 g/mol. The lowest BCUT2D eigenvalue weighted by atomic mass is 10.0. The smallest absolute Gasteiger partial charge is 0.212 e. The predicted octanol–water partition coefficient (Wildman–Crippen LogP) is 4.21. The Morgan fingerprint density at radius 2 is 1.65 bits per heavy atom. The number of hydrogen-bond donors (Lipinski definition) is 0. The molecule has 0 bridgehead atoms. The van der Waals surface area contributed by atoms with Crippen molar-refractivity contribution < 1.29 is 4.57 Å². The van der Waals surface area contributed by atoms with Gasteiger partial charge >= 0.3 is 0 Å². The summed E-state index contributed by atoms with van der Waals surface area (Å²) in [5.74, 6) is 0. The van der Waals surface area contributed by atoms with Crippen LogP contribution < -0.4 is 9.47 Å². The molecule has 0 saturated carbocycles. The number of nitrogens with zero attached hydrogens (tertiary/aromatic N) is 2. The van der Waals surface area contributed by atoms with Crippen molar-refractivity contribution >= 4 is 28.7 Å². The van der Waals surface area contributed by atoms with Gasteiger partial charge in [-0.1, -0.05) is 30.4 Å². The minimum absolute atomic E-state index is 1.23. The minimum Gasteiger partial charge on any atom is -0.378 e. The molecule has 23 heavy (non-hydrogen) atoms. The lowest BCUT2D eigenvalue weighted by molar-refractivity contribution is -0.644. The normalized spacial score (nSPS) is 11.3. The Morgan fingerprint density at radius 1 is 0.913 bits per heavy atom. The second-order valence-electron chi connectivity index (χ2n) is 6.17. The van der Waals surface area contributed by atoms with Gasteiger partial charge in [0.2, 0.25) is 5.52 Å². The van der Waals surface area contributed by atoms with E-state index in [4.69, 9.17) is 0 Å². The van der Waals surface area contributed by atoms with Gasteiger partial charge in [-0.2, -0.15) is 0 Å². The third-order valence-corrected chi connectivity index (χ3v) is 4.28. The number of anilines is 1. The van der Waals surface area contributed by atoms with Crippen LogP contribution in [-0.2, 0) is 7.05 Å². The van der Waals surface area contributed by atoms with E-state index < -0.39 is 0 Å². The van der Waals surface area contributed by atoms with Crippen molar-refractivity contribution in [2.24, 2.45) is 7.05 Å². The van der Waals surface area contributed by atoms with Crippen LogP contribution in [0.5, 0.6) is 0 Å². The maximum absolute atomic E-state index is 2.22. The molecule has 3 rings (SSSR count). The highest BCUT2D eigenvalue weighted by Crippen LogP contribution is 2.21. The van der Waals surface area contributed by atoms with Crippen molar-refractivity contribution in [3.05, 3.63) is 71.4 Å². The van der Waals surface area contributed by atoms with E-state index in [-0.39, 0.29) is 0 Å². The first-order valence-corrected chi connectivity index (χ1v) is 7.90. The quantitative estimate of drug-likeness (QED) is 0.657. The number of para-hydroxylation sites is 1. The molecule has 0 aliphatic heterocycles. The topological polar surface area (TPSA) is 7.12 Å². The lowest BCUT2D eigenvalue weighted by Gasteiger charge is -2.14. The van der Waals surface area contributed by atoms with Gasteiger partial charge in [-0.25, -0.2) is 4.57 Å². The van der Waals surface area contributed by atoms with Crippen molar-refractivity contribution in [3.8, 4) is 0 Å². The van der Waals surface area contributed by atoms with Gasteiger partial charge < -0.3 is 4.90 Å². The molecule has 0 amide bonds. The molecule has 0 unspecified atom stereocenters. The predicted molar refractivity (Wildman–Crippen MR) is 99.6 cm³/mol. The second-order valence-corrected chi connectivity index (χ2v) is 6.17. The van der Waals surface area contributed by atoms with Gasteiger partial charge in [0, 0.05) is 31.9 Å². The Bertz CT molecular complexity index is 876. The molecule has 0 fully saturated rings. The average Bonchev–Trinajstić information content (AvgIpc) is 2.55. The summed E-state index contributed by atoms with van der Waals surface area (Å²) in [5.41, 5.74) is 6.27. The third kappa shape index (κ3) is 3.11. The summed E-state index contributed by atoms with van der Waals surface area (Å²) in [6.07, 6.45) is 6.53. The van der Waals surface area contributed by atoms with Crippen molar-refractivity contribution in [1.29, 1.82) is 0 Å². The summed E-state index contributed by atoms with van der Waals surface area (Å²) in [4.78, 5) is 2.13. The molecule has 1 heterocycles. The number of benzene rings is 2. The first-order valence-electron chi connectivity index (χ1n) is 7.90. The van der Waals surface area contributed by atoms with Gasteiger partial charge in [0.15, 0.2) is 6.20 Å². The third-order valence-electron chi connectivity index (χ3n) is 4.28. The van der Waals surface area contributed by atoms with Crippen LogP contribution in [0.15, 0.2) is 54.7 Å². The molecule has 0 spiro atoms. The van der Waals surface area contributed by atoms with Gasteiger partial charge in [0.05, 0.1) is 5.39 Å². The Kier molecular flexibility index (Phi) is 4.16. The number of rotatable bonds is 3. The van der Waals surface area contributed by atoms with E-state index in [1.54, 1.807) is 0 Å². The van der Waals surface area contributed by atoms with Gasteiger partial charge in [-0.05, 0) is 41.8 Å². The molecule has 0 radical (unpaired) electrons. The molecular weight excluding hydrogens is 280 g/mol. The van der Waals surface area contributed by atoms with Crippen LogP contribution in [0.4, 0.5) is 5.69 Å². The SMILES string of the molecule is Cc1cc(N(C)C)ccc1/C=C/c1cc[n+](C)c2ccccc12. The van der Waals surface area contributed by atoms with Gasteiger partial charge in [0.1, 0.15) is 7.05 Å². The zero-order valence-electron chi connectivity index (χ0n) is 14.2. The molecule has 0 saturated heterocycles. The van der Waals surface area contributed by atoms with Crippen molar-refractivity contribution in [2.75, 3.05) is 19.0 Å². The largest absolute Gasteiger partial charge is 0.378 e. The molecule has 116 valence electrons. The number of pyridine rings is 1. The first kappa shape index (κ1) is 15.3. The number of aryl methyl sites for hydroxylation is 2. The van der Waals surface area contributed by atoms with E-state index in [9.17, 15) is 0 Å². The summed E-state index contributed by atoms with van der Waals surface area (Å²) in [6, 6.07) is 17.3. The Hall–Kier alpha value is -2.61. The van der Waals surface area contributed by atoms with Gasteiger partial charge in [-0.3, -0.25) is 0 Å². The molecule has 0 aliphatic rings. The molecule has 3 aromatic rings. The van der Waals surface area contributed by atoms with E-state index in [0.717, 1.165) is 0 Å². The maximum Gasteiger partial charge on any atom is 0.212 e. The van der Waals surface area contributed by atoms with E-state index in [1.807, 2.05) is 0 Å². The number of fused-ring (bicyclic) bond motifs is 1. The molecule has 1 aromatic heterocycles. The molecule has 2 aromatic carbocycles. The summed E-state index contributed by atoms with van der Waals surface area (Å²) in [5, 5.41) is 1.27. The highest BCUT2D eigenvalue weighted by atomic mass is 15.1. The zero-order chi connectivity index (χ0) is 16.4. The van der Waals surface area contributed by atoms with Crippen molar-refractivity contribution in [1.82, 2.24) is 0 Å². The van der Waals surface area contributed by atoms with Gasteiger partial charge in [0.25, 0.3) is 0 Å². The summed E-state index contributed by atoms with van der Waals surface area (Å²) in [6.45, 7) is 2.16. The Labute approximate surface area is 138 Å². The van der Waals surface area contributed by atoms with Crippen LogP contribution in [-0.4, -0.2) is 14.1 Å². The first-order chi connectivity index (χ1) is 11.1. The number of hydrogen-bond acceptors (Lipinski definition) is 1. The summed E-state index contributed by atoms with van der Waals surface area (Å²) in [7, 11) is 6.22. The maximum atomic E-state index is 2.22. The average molecular weight is 303 g/mol. The van der Waals surface area contributed by atoms with Crippen LogP contribution in [0.2, 0.25) is 0 Å². The fourth-order valence-electron chi connectivity index (χ4n) is 2.84. The van der Waals surface area contributed by atoms with E-state index >= 15 is 0 Å². The standard InChI is InChI=1S/C21H23N2/c1-16-15-19(22(2)3)12-11-17(16)9-10-18-13-14-23(4)21-8-6-5-7-20(18)21/h5-15H,1-4H3/q+1.